The predicted molar refractivity (Wildman–Crippen MR) is 429 cm³/mol. The Kier molecular flexibility index (Phi) is 12.9. The Morgan fingerprint density at radius 3 is 1.03 bits per heavy atom. The van der Waals surface area contributed by atoms with E-state index in [4.69, 9.17) is 0 Å². The van der Waals surface area contributed by atoms with Gasteiger partial charge in [0.2, 0.25) is 0 Å². The van der Waals surface area contributed by atoms with Gasteiger partial charge in [-0.25, -0.2) is 0 Å². The highest BCUT2D eigenvalue weighted by molar-refractivity contribution is 7.25. The Morgan fingerprint density at radius 1 is 0.158 bits per heavy atom. The van der Waals surface area contributed by atoms with E-state index in [0.717, 1.165) is 39.1 Å². The molecule has 0 aliphatic rings. The third-order valence-electron chi connectivity index (χ3n) is 21.2. The molecular formula is C96H60N4S. The van der Waals surface area contributed by atoms with Gasteiger partial charge < -0.3 is 18.3 Å². The first-order valence-electron chi connectivity index (χ1n) is 34.7. The summed E-state index contributed by atoms with van der Waals surface area (Å²) < 4.78 is 12.4. The lowest BCUT2D eigenvalue weighted by Gasteiger charge is -2.17. The summed E-state index contributed by atoms with van der Waals surface area (Å²) in [5.74, 6) is 0. The van der Waals surface area contributed by atoms with E-state index in [-0.39, 0.29) is 0 Å². The van der Waals surface area contributed by atoms with Crippen LogP contribution >= 0.6 is 11.3 Å². The summed E-state index contributed by atoms with van der Waals surface area (Å²) in [6.07, 6.45) is 0. The zero-order valence-electron chi connectivity index (χ0n) is 54.8. The zero-order chi connectivity index (χ0) is 66.2. The molecule has 0 bridgehead atoms. The van der Waals surface area contributed by atoms with Crippen molar-refractivity contribution in [1.29, 1.82) is 0 Å². The van der Waals surface area contributed by atoms with Gasteiger partial charge in [0.05, 0.1) is 55.5 Å². The third-order valence-corrected chi connectivity index (χ3v) is 22.3. The van der Waals surface area contributed by atoms with Crippen LogP contribution < -0.4 is 0 Å². The summed E-state index contributed by atoms with van der Waals surface area (Å²) in [5.41, 5.74) is 28.2. The Balaban J connectivity index is 0.619. The van der Waals surface area contributed by atoms with Crippen LogP contribution in [0.2, 0.25) is 0 Å². The molecule has 16 aromatic carbocycles. The van der Waals surface area contributed by atoms with Crippen molar-refractivity contribution in [3.05, 3.63) is 364 Å². The molecule has 21 aromatic rings. The lowest BCUT2D eigenvalue weighted by Crippen LogP contribution is -1.98. The fourth-order valence-electron chi connectivity index (χ4n) is 16.5. The molecule has 0 spiro atoms. The lowest BCUT2D eigenvalue weighted by molar-refractivity contribution is 1.18. The maximum absolute atomic E-state index is 2.49. The van der Waals surface area contributed by atoms with E-state index >= 15 is 0 Å². The number of thiophene rings is 1. The summed E-state index contributed by atoms with van der Waals surface area (Å²) in [4.78, 5) is 0. The molecule has 0 unspecified atom stereocenters. The van der Waals surface area contributed by atoms with E-state index in [1.165, 1.54) is 158 Å². The van der Waals surface area contributed by atoms with Crippen LogP contribution in [0, 0.1) is 0 Å². The summed E-state index contributed by atoms with van der Waals surface area (Å²) in [7, 11) is 0. The second-order valence-corrected chi connectivity index (χ2v) is 27.8. The van der Waals surface area contributed by atoms with Crippen LogP contribution in [0.5, 0.6) is 0 Å². The highest BCUT2D eigenvalue weighted by atomic mass is 32.1. The number of benzene rings is 16. The fraction of sp³-hybridized carbons (Fsp3) is 0. The zero-order valence-corrected chi connectivity index (χ0v) is 55.7. The standard InChI is InChI=1S/C96H60N4S/c1-3-20-63(21-4-1)73-26-7-13-32-85(73)99-88-35-16-10-29-77(88)83-57-68(45-52-92(83)99)69-46-53-93-84(58-69)78-30-11-17-36-89(78)100(93)94-59-70(42-48-74(94)64-22-5-2-6-23-64)62-40-38-61(39-41-62)65-24-19-25-71(54-65)97-86-33-14-8-27-75(86)81-55-66(43-50-90(81)97)67-44-51-91-82(56-67)76-28-9-15-34-87(76)98(91)72-47-49-80-79-31-12-18-37-95(79)101-96(80)60-72/h1-60H. The molecule has 0 saturated heterocycles. The Morgan fingerprint density at radius 2 is 0.505 bits per heavy atom. The second-order valence-electron chi connectivity index (χ2n) is 26.7. The monoisotopic (exact) mass is 1300 g/mol. The molecule has 5 heterocycles. The molecule has 0 N–H and O–H groups in total. The first kappa shape index (κ1) is 57.1. The SMILES string of the molecule is c1ccc(-c2ccccc2-n2c3ccccc3c3cc(-c4ccc5c(c4)c4ccccc4n5-c4cc(-c5ccc(-c6cccc(-n7c8ccccc8c8cc(-c9ccc%10c(c9)c9ccccc9n%10-c9ccc%10c(c9)sc9ccccc9%10)ccc87)c6)cc5)ccc4-c4ccccc4)ccc32)cc1. The van der Waals surface area contributed by atoms with E-state index in [0.29, 0.717) is 0 Å². The molecule has 470 valence electrons. The molecule has 0 aliphatic heterocycles. The van der Waals surface area contributed by atoms with Crippen LogP contribution in [-0.4, -0.2) is 18.3 Å². The largest absolute Gasteiger partial charge is 0.309 e. The van der Waals surface area contributed by atoms with Crippen molar-refractivity contribution >= 4 is 119 Å². The van der Waals surface area contributed by atoms with Crippen LogP contribution in [0.15, 0.2) is 364 Å². The summed E-state index contributed by atoms with van der Waals surface area (Å²) in [5, 5.41) is 12.5. The first-order valence-corrected chi connectivity index (χ1v) is 35.5. The minimum absolute atomic E-state index is 1.12. The lowest BCUT2D eigenvalue weighted by atomic mass is 9.96. The molecule has 5 heteroatoms. The maximum atomic E-state index is 2.49. The normalized spacial score (nSPS) is 12.0. The average Bonchev–Trinajstić information content (AvgIpc) is 1.60. The Hall–Kier alpha value is -13.1. The van der Waals surface area contributed by atoms with Crippen molar-refractivity contribution in [1.82, 2.24) is 18.3 Å². The molecule has 0 aliphatic carbocycles. The van der Waals surface area contributed by atoms with Crippen molar-refractivity contribution in [3.63, 3.8) is 0 Å². The molecule has 0 amide bonds. The fourth-order valence-corrected chi connectivity index (χ4v) is 17.6. The molecule has 0 fully saturated rings. The van der Waals surface area contributed by atoms with Gasteiger partial charge >= 0.3 is 0 Å². The van der Waals surface area contributed by atoms with E-state index in [9.17, 15) is 0 Å². The molecular weight excluding hydrogens is 1240 g/mol. The quantitative estimate of drug-likeness (QED) is 0.130. The number of nitrogens with zero attached hydrogens (tertiary/aromatic N) is 4. The van der Waals surface area contributed by atoms with E-state index < -0.39 is 0 Å². The van der Waals surface area contributed by atoms with Crippen molar-refractivity contribution < 1.29 is 0 Å². The van der Waals surface area contributed by atoms with Crippen LogP contribution in [0.1, 0.15) is 0 Å². The maximum Gasteiger partial charge on any atom is 0.0546 e. The van der Waals surface area contributed by atoms with Gasteiger partial charge in [-0.2, -0.15) is 0 Å². The van der Waals surface area contributed by atoms with Crippen LogP contribution in [-0.2, 0) is 0 Å². The summed E-state index contributed by atoms with van der Waals surface area (Å²) >= 11 is 1.87. The van der Waals surface area contributed by atoms with E-state index in [1.807, 2.05) is 11.3 Å². The first-order chi connectivity index (χ1) is 50.1. The van der Waals surface area contributed by atoms with E-state index in [1.54, 1.807) is 0 Å². The molecule has 101 heavy (non-hydrogen) atoms. The molecule has 0 radical (unpaired) electrons. The highest BCUT2D eigenvalue weighted by Crippen LogP contribution is 2.45. The van der Waals surface area contributed by atoms with Gasteiger partial charge in [0.25, 0.3) is 0 Å². The third kappa shape index (κ3) is 9.07. The number of para-hydroxylation sites is 5. The number of hydrogen-bond acceptors (Lipinski definition) is 1. The predicted octanol–water partition coefficient (Wildman–Crippen LogP) is 26.4. The summed E-state index contributed by atoms with van der Waals surface area (Å²) in [6, 6.07) is 135. The number of hydrogen-bond donors (Lipinski definition) is 0. The van der Waals surface area contributed by atoms with Crippen molar-refractivity contribution in [3.8, 4) is 89.5 Å². The number of rotatable bonds is 10. The highest BCUT2D eigenvalue weighted by Gasteiger charge is 2.23. The van der Waals surface area contributed by atoms with Gasteiger partial charge in [0.15, 0.2) is 0 Å². The molecule has 0 atom stereocenters. The molecule has 0 saturated carbocycles. The van der Waals surface area contributed by atoms with Gasteiger partial charge in [-0.05, 0) is 171 Å². The number of fused-ring (bicyclic) bond motifs is 15. The smallest absolute Gasteiger partial charge is 0.0546 e. The van der Waals surface area contributed by atoms with Gasteiger partial charge in [-0.15, -0.1) is 11.3 Å². The van der Waals surface area contributed by atoms with Gasteiger partial charge in [0, 0.05) is 85.8 Å². The van der Waals surface area contributed by atoms with Gasteiger partial charge in [0.1, 0.15) is 0 Å². The van der Waals surface area contributed by atoms with Crippen LogP contribution in [0.3, 0.4) is 0 Å². The topological polar surface area (TPSA) is 19.7 Å². The minimum atomic E-state index is 1.12. The van der Waals surface area contributed by atoms with Crippen molar-refractivity contribution in [2.24, 2.45) is 0 Å². The van der Waals surface area contributed by atoms with Crippen molar-refractivity contribution in [2.45, 2.75) is 0 Å². The molecule has 21 rings (SSSR count). The molecule has 4 nitrogen and oxygen atoms in total. The van der Waals surface area contributed by atoms with Gasteiger partial charge in [-0.3, -0.25) is 0 Å². The minimum Gasteiger partial charge on any atom is -0.309 e. The average molecular weight is 1300 g/mol. The van der Waals surface area contributed by atoms with E-state index in [2.05, 4.69) is 382 Å². The Bertz CT molecular complexity index is 6940. The van der Waals surface area contributed by atoms with Crippen molar-refractivity contribution in [2.75, 3.05) is 0 Å². The summed E-state index contributed by atoms with van der Waals surface area (Å²) in [6.45, 7) is 0. The molecule has 5 aromatic heterocycles. The van der Waals surface area contributed by atoms with Crippen LogP contribution in [0.4, 0.5) is 0 Å². The van der Waals surface area contributed by atoms with Gasteiger partial charge in [-0.1, -0.05) is 249 Å². The second kappa shape index (κ2) is 22.8. The number of aromatic nitrogens is 4. The van der Waals surface area contributed by atoms with Crippen LogP contribution in [0.25, 0.3) is 197 Å². The Labute approximate surface area is 586 Å².